The summed E-state index contributed by atoms with van der Waals surface area (Å²) in [4.78, 5) is 0. The first-order chi connectivity index (χ1) is 3.30. The number of hydrogen-bond acceptors (Lipinski definition) is 0. The van der Waals surface area contributed by atoms with Crippen molar-refractivity contribution in [3.8, 4) is 0 Å². The van der Waals surface area contributed by atoms with Crippen LogP contribution in [0.4, 0.5) is 0 Å². The van der Waals surface area contributed by atoms with E-state index >= 15 is 0 Å². The van der Waals surface area contributed by atoms with Crippen LogP contribution in [0.15, 0.2) is 23.8 Å². The van der Waals surface area contributed by atoms with Gasteiger partial charge in [0.25, 0.3) is 0 Å². The van der Waals surface area contributed by atoms with Crippen molar-refractivity contribution in [1.82, 2.24) is 0 Å². The highest BCUT2D eigenvalue weighted by Crippen LogP contribution is 2.15. The van der Waals surface area contributed by atoms with E-state index in [0.29, 0.717) is 0 Å². The third-order valence-electron chi connectivity index (χ3n) is 1.07. The Labute approximate surface area is 48.5 Å². The topological polar surface area (TPSA) is 0 Å². The standard InChI is InChI=1S/C6H7Cl/c1-5-3-2-4-6(5)7/h2-4,6H,1H3. The maximum Gasteiger partial charge on any atom is 0.0729 e. The molecule has 0 saturated carbocycles. The van der Waals surface area contributed by atoms with Gasteiger partial charge in [0.1, 0.15) is 0 Å². The SMILES string of the molecule is CC1=CC=CC1Cl. The Kier molecular flexibility index (Phi) is 1.20. The molecule has 38 valence electrons. The van der Waals surface area contributed by atoms with Crippen LogP contribution in [0.1, 0.15) is 6.92 Å². The van der Waals surface area contributed by atoms with Gasteiger partial charge in [-0.15, -0.1) is 11.6 Å². The molecule has 0 radical (unpaired) electrons. The first-order valence-electron chi connectivity index (χ1n) is 2.30. The molecule has 1 aliphatic rings. The molecular weight excluding hydrogens is 108 g/mol. The van der Waals surface area contributed by atoms with Crippen molar-refractivity contribution in [1.29, 1.82) is 0 Å². The van der Waals surface area contributed by atoms with Crippen molar-refractivity contribution < 1.29 is 0 Å². The van der Waals surface area contributed by atoms with E-state index in [4.69, 9.17) is 11.6 Å². The number of allylic oxidation sites excluding steroid dienone is 4. The van der Waals surface area contributed by atoms with E-state index in [9.17, 15) is 0 Å². The van der Waals surface area contributed by atoms with E-state index in [1.54, 1.807) is 0 Å². The lowest BCUT2D eigenvalue weighted by Crippen LogP contribution is -1.87. The zero-order chi connectivity index (χ0) is 5.28. The summed E-state index contributed by atoms with van der Waals surface area (Å²) in [6.45, 7) is 2.03. The second-order valence-corrected chi connectivity index (χ2v) is 2.17. The second kappa shape index (κ2) is 1.71. The Balaban J connectivity index is 2.69. The average molecular weight is 115 g/mol. The minimum atomic E-state index is 0.167. The molecule has 1 aliphatic carbocycles. The first kappa shape index (κ1) is 4.92. The van der Waals surface area contributed by atoms with Crippen molar-refractivity contribution in [2.75, 3.05) is 0 Å². The lowest BCUT2D eigenvalue weighted by molar-refractivity contribution is 1.26. The predicted molar refractivity (Wildman–Crippen MR) is 32.5 cm³/mol. The van der Waals surface area contributed by atoms with E-state index < -0.39 is 0 Å². The predicted octanol–water partition coefficient (Wildman–Crippen LogP) is 2.11. The molecule has 1 rings (SSSR count). The van der Waals surface area contributed by atoms with Crippen molar-refractivity contribution in [2.24, 2.45) is 0 Å². The van der Waals surface area contributed by atoms with Crippen molar-refractivity contribution in [3.05, 3.63) is 23.8 Å². The van der Waals surface area contributed by atoms with Gasteiger partial charge in [0.05, 0.1) is 5.38 Å². The van der Waals surface area contributed by atoms with Gasteiger partial charge in [-0.05, 0) is 6.92 Å². The fourth-order valence-electron chi connectivity index (χ4n) is 0.549. The van der Waals surface area contributed by atoms with Crippen LogP contribution in [0.25, 0.3) is 0 Å². The highest BCUT2D eigenvalue weighted by Gasteiger charge is 2.03. The number of rotatable bonds is 0. The summed E-state index contributed by atoms with van der Waals surface area (Å²) in [6, 6.07) is 0. The van der Waals surface area contributed by atoms with E-state index in [1.807, 2.05) is 25.2 Å². The molecule has 0 N–H and O–H groups in total. The summed E-state index contributed by atoms with van der Waals surface area (Å²) in [7, 11) is 0. The molecule has 0 heterocycles. The quantitative estimate of drug-likeness (QED) is 0.423. The van der Waals surface area contributed by atoms with Gasteiger partial charge in [0, 0.05) is 0 Å². The molecule has 0 aromatic carbocycles. The Morgan fingerprint density at radius 1 is 1.71 bits per heavy atom. The van der Waals surface area contributed by atoms with Gasteiger partial charge in [-0.25, -0.2) is 0 Å². The Morgan fingerprint density at radius 2 is 2.43 bits per heavy atom. The summed E-state index contributed by atoms with van der Waals surface area (Å²) in [6.07, 6.45) is 5.97. The van der Waals surface area contributed by atoms with Gasteiger partial charge in [-0.1, -0.05) is 23.8 Å². The van der Waals surface area contributed by atoms with Crippen molar-refractivity contribution >= 4 is 11.6 Å². The molecule has 0 amide bonds. The highest BCUT2D eigenvalue weighted by molar-refractivity contribution is 6.23. The first-order valence-corrected chi connectivity index (χ1v) is 2.73. The van der Waals surface area contributed by atoms with Gasteiger partial charge in [0.2, 0.25) is 0 Å². The summed E-state index contributed by atoms with van der Waals surface area (Å²) in [5, 5.41) is 0.167. The van der Waals surface area contributed by atoms with E-state index in [2.05, 4.69) is 0 Å². The monoisotopic (exact) mass is 114 g/mol. The van der Waals surface area contributed by atoms with Crippen LogP contribution in [0, 0.1) is 0 Å². The summed E-state index contributed by atoms with van der Waals surface area (Å²) < 4.78 is 0. The van der Waals surface area contributed by atoms with Crippen molar-refractivity contribution in [2.45, 2.75) is 12.3 Å². The minimum Gasteiger partial charge on any atom is -0.114 e. The van der Waals surface area contributed by atoms with Crippen LogP contribution in [0.5, 0.6) is 0 Å². The lowest BCUT2D eigenvalue weighted by Gasteiger charge is -1.93. The maximum absolute atomic E-state index is 5.71. The summed E-state index contributed by atoms with van der Waals surface area (Å²) in [5.74, 6) is 0. The Bertz CT molecular complexity index is 122. The van der Waals surface area contributed by atoms with Crippen LogP contribution >= 0.6 is 11.6 Å². The fourth-order valence-corrected chi connectivity index (χ4v) is 0.705. The molecule has 0 saturated heterocycles. The van der Waals surface area contributed by atoms with Gasteiger partial charge in [0.15, 0.2) is 0 Å². The molecule has 1 heteroatoms. The minimum absolute atomic E-state index is 0.167. The summed E-state index contributed by atoms with van der Waals surface area (Å²) >= 11 is 5.71. The molecule has 0 fully saturated rings. The fraction of sp³-hybridized carbons (Fsp3) is 0.333. The zero-order valence-corrected chi connectivity index (χ0v) is 4.94. The van der Waals surface area contributed by atoms with E-state index in [0.717, 1.165) is 0 Å². The molecule has 1 unspecified atom stereocenters. The maximum atomic E-state index is 5.71. The van der Waals surface area contributed by atoms with Crippen LogP contribution in [0.2, 0.25) is 0 Å². The molecule has 7 heavy (non-hydrogen) atoms. The molecule has 0 aromatic heterocycles. The third-order valence-corrected chi connectivity index (χ3v) is 1.56. The smallest absolute Gasteiger partial charge is 0.0729 e. The zero-order valence-electron chi connectivity index (χ0n) is 4.19. The molecule has 0 aromatic rings. The van der Waals surface area contributed by atoms with Gasteiger partial charge in [-0.3, -0.25) is 0 Å². The molecule has 1 atom stereocenters. The lowest BCUT2D eigenvalue weighted by atomic mass is 10.3. The van der Waals surface area contributed by atoms with Crippen molar-refractivity contribution in [3.63, 3.8) is 0 Å². The van der Waals surface area contributed by atoms with E-state index in [-0.39, 0.29) is 5.38 Å². The molecule has 0 spiro atoms. The molecule has 0 nitrogen and oxygen atoms in total. The Hall–Kier alpha value is -0.230. The van der Waals surface area contributed by atoms with Crippen LogP contribution in [-0.2, 0) is 0 Å². The second-order valence-electron chi connectivity index (χ2n) is 1.70. The summed E-state index contributed by atoms with van der Waals surface area (Å²) in [5.41, 5.74) is 1.24. The number of hydrogen-bond donors (Lipinski definition) is 0. The molecule has 0 bridgehead atoms. The Morgan fingerprint density at radius 3 is 2.57 bits per heavy atom. The number of alkyl halides is 1. The number of halogens is 1. The van der Waals surface area contributed by atoms with Gasteiger partial charge >= 0.3 is 0 Å². The molecular formula is C6H7Cl. The highest BCUT2D eigenvalue weighted by atomic mass is 35.5. The average Bonchev–Trinajstić information content (AvgIpc) is 1.91. The van der Waals surface area contributed by atoms with Crippen LogP contribution in [0.3, 0.4) is 0 Å². The molecule has 0 aliphatic heterocycles. The van der Waals surface area contributed by atoms with Gasteiger partial charge < -0.3 is 0 Å². The van der Waals surface area contributed by atoms with Crippen LogP contribution < -0.4 is 0 Å². The largest absolute Gasteiger partial charge is 0.114 e. The third kappa shape index (κ3) is 0.859. The van der Waals surface area contributed by atoms with Crippen LogP contribution in [-0.4, -0.2) is 5.38 Å². The van der Waals surface area contributed by atoms with Gasteiger partial charge in [-0.2, -0.15) is 0 Å². The normalized spacial score (nSPS) is 28.3. The van der Waals surface area contributed by atoms with E-state index in [1.165, 1.54) is 5.57 Å².